The van der Waals surface area contributed by atoms with Crippen LogP contribution in [0.2, 0.25) is 5.02 Å². The second-order valence-electron chi connectivity index (χ2n) is 6.29. The van der Waals surface area contributed by atoms with E-state index >= 15 is 0 Å². The molecule has 1 aromatic heterocycles. The third kappa shape index (κ3) is 5.17. The number of aromatic nitrogens is 3. The van der Waals surface area contributed by atoms with E-state index < -0.39 is 30.2 Å². The van der Waals surface area contributed by atoms with E-state index in [1.54, 1.807) is 48.5 Å². The van der Waals surface area contributed by atoms with Crippen LogP contribution in [0.5, 0.6) is 0 Å². The van der Waals surface area contributed by atoms with E-state index in [4.69, 9.17) is 16.3 Å². The van der Waals surface area contributed by atoms with Crippen molar-refractivity contribution in [3.63, 3.8) is 0 Å². The predicted octanol–water partition coefficient (Wildman–Crippen LogP) is 2.50. The quantitative estimate of drug-likeness (QED) is 0.530. The van der Waals surface area contributed by atoms with E-state index in [1.165, 1.54) is 11.8 Å². The molecule has 1 heterocycles. The van der Waals surface area contributed by atoms with Crippen LogP contribution in [0, 0.1) is 0 Å². The number of carbonyl (C=O) groups excluding carboxylic acids is 2. The van der Waals surface area contributed by atoms with E-state index in [0.29, 0.717) is 23.1 Å². The zero-order chi connectivity index (χ0) is 21.5. The van der Waals surface area contributed by atoms with Gasteiger partial charge in [-0.3, -0.25) is 9.59 Å². The lowest BCUT2D eigenvalue weighted by atomic mass is 10.1. The number of thioether (sulfide) groups is 1. The Kier molecular flexibility index (Phi) is 7.42. The van der Waals surface area contributed by atoms with Crippen LogP contribution in [-0.4, -0.2) is 44.9 Å². The summed E-state index contributed by atoms with van der Waals surface area (Å²) in [6, 6.07) is 12.4. The van der Waals surface area contributed by atoms with Gasteiger partial charge in [0.2, 0.25) is 0 Å². The third-order valence-electron chi connectivity index (χ3n) is 4.28. The molecule has 0 fully saturated rings. The van der Waals surface area contributed by atoms with Crippen molar-refractivity contribution in [2.45, 2.75) is 19.2 Å². The summed E-state index contributed by atoms with van der Waals surface area (Å²) in [5, 5.41) is 11.0. The van der Waals surface area contributed by atoms with E-state index in [2.05, 4.69) is 15.6 Å². The Morgan fingerprint density at radius 2 is 1.93 bits per heavy atom. The highest BCUT2D eigenvalue weighted by atomic mass is 35.5. The summed E-state index contributed by atoms with van der Waals surface area (Å²) in [5.41, 5.74) is 0.293. The molecule has 0 aliphatic carbocycles. The average molecular weight is 447 g/mol. The summed E-state index contributed by atoms with van der Waals surface area (Å²) in [7, 11) is 0. The van der Waals surface area contributed by atoms with Gasteiger partial charge in [0.05, 0.1) is 16.0 Å². The van der Waals surface area contributed by atoms with Crippen LogP contribution >= 0.6 is 23.4 Å². The van der Waals surface area contributed by atoms with Crippen LogP contribution in [0.25, 0.3) is 10.9 Å². The van der Waals surface area contributed by atoms with Crippen molar-refractivity contribution in [1.29, 1.82) is 0 Å². The zero-order valence-electron chi connectivity index (χ0n) is 16.1. The minimum absolute atomic E-state index is 0.262. The van der Waals surface area contributed by atoms with Crippen molar-refractivity contribution in [2.24, 2.45) is 0 Å². The molecule has 10 heteroatoms. The number of carbonyl (C=O) groups is 2. The van der Waals surface area contributed by atoms with Gasteiger partial charge in [0.15, 0.2) is 6.73 Å². The number of fused-ring (bicyclic) bond motifs is 1. The Labute approximate surface area is 181 Å². The normalized spacial score (nSPS) is 11.8. The maximum absolute atomic E-state index is 12.6. The zero-order valence-corrected chi connectivity index (χ0v) is 17.7. The van der Waals surface area contributed by atoms with Crippen molar-refractivity contribution in [2.75, 3.05) is 12.0 Å². The van der Waals surface area contributed by atoms with Crippen LogP contribution in [-0.2, 0) is 16.3 Å². The molecule has 0 aliphatic heterocycles. The number of amides is 1. The summed E-state index contributed by atoms with van der Waals surface area (Å²) in [6.07, 6.45) is 2.25. The molecule has 0 saturated heterocycles. The van der Waals surface area contributed by atoms with Crippen molar-refractivity contribution >= 4 is 46.1 Å². The van der Waals surface area contributed by atoms with Crippen molar-refractivity contribution in [3.8, 4) is 0 Å². The van der Waals surface area contributed by atoms with Crippen LogP contribution in [0.1, 0.15) is 16.8 Å². The molecule has 3 aromatic rings. The molecule has 0 unspecified atom stereocenters. The van der Waals surface area contributed by atoms with Gasteiger partial charge in [-0.05, 0) is 42.7 Å². The predicted molar refractivity (Wildman–Crippen MR) is 116 cm³/mol. The fourth-order valence-corrected chi connectivity index (χ4v) is 3.39. The van der Waals surface area contributed by atoms with Crippen molar-refractivity contribution < 1.29 is 14.3 Å². The Morgan fingerprint density at radius 3 is 2.70 bits per heavy atom. The first-order valence-electron chi connectivity index (χ1n) is 9.04. The van der Waals surface area contributed by atoms with Gasteiger partial charge in [0.25, 0.3) is 11.5 Å². The Bertz CT molecular complexity index is 1120. The molecule has 2 aromatic carbocycles. The molecule has 1 amide bonds. The second-order valence-corrected chi connectivity index (χ2v) is 7.68. The van der Waals surface area contributed by atoms with E-state index in [-0.39, 0.29) is 10.6 Å². The smallest absolute Gasteiger partial charge is 0.330 e. The van der Waals surface area contributed by atoms with Gasteiger partial charge >= 0.3 is 5.97 Å². The van der Waals surface area contributed by atoms with Gasteiger partial charge in [-0.25, -0.2) is 4.79 Å². The molecule has 0 spiro atoms. The van der Waals surface area contributed by atoms with Crippen LogP contribution in [0.15, 0.2) is 53.3 Å². The summed E-state index contributed by atoms with van der Waals surface area (Å²) >= 11 is 7.59. The van der Waals surface area contributed by atoms with E-state index in [9.17, 15) is 14.4 Å². The second kappa shape index (κ2) is 10.2. The number of halogens is 1. The van der Waals surface area contributed by atoms with Gasteiger partial charge in [0.1, 0.15) is 11.6 Å². The summed E-state index contributed by atoms with van der Waals surface area (Å²) in [4.78, 5) is 37.6. The summed E-state index contributed by atoms with van der Waals surface area (Å²) in [5.74, 6) is -0.532. The van der Waals surface area contributed by atoms with Gasteiger partial charge < -0.3 is 10.1 Å². The van der Waals surface area contributed by atoms with Gasteiger partial charge in [-0.1, -0.05) is 41.1 Å². The first-order valence-corrected chi connectivity index (χ1v) is 10.8. The highest BCUT2D eigenvalue weighted by Gasteiger charge is 2.24. The monoisotopic (exact) mass is 446 g/mol. The fraction of sp³-hybridized carbons (Fsp3) is 0.250. The topological polar surface area (TPSA) is 103 Å². The Balaban J connectivity index is 1.71. The molecule has 0 bridgehead atoms. The number of hydrogen-bond acceptors (Lipinski definition) is 7. The highest BCUT2D eigenvalue weighted by molar-refractivity contribution is 7.98. The molecule has 0 saturated carbocycles. The number of esters is 1. The lowest BCUT2D eigenvalue weighted by Crippen LogP contribution is -2.43. The number of nitrogens with one attached hydrogen (secondary N) is 1. The molecule has 0 aliphatic rings. The molecule has 3 rings (SSSR count). The molecule has 156 valence electrons. The third-order valence-corrected chi connectivity index (χ3v) is 5.25. The minimum atomic E-state index is -0.898. The molecule has 8 nitrogen and oxygen atoms in total. The first kappa shape index (κ1) is 21.8. The maximum atomic E-state index is 12.6. The van der Waals surface area contributed by atoms with E-state index in [1.807, 2.05) is 6.26 Å². The van der Waals surface area contributed by atoms with Crippen LogP contribution < -0.4 is 10.9 Å². The average Bonchev–Trinajstić information content (AvgIpc) is 2.76. The van der Waals surface area contributed by atoms with Crippen molar-refractivity contribution in [3.05, 3.63) is 69.5 Å². The van der Waals surface area contributed by atoms with Crippen LogP contribution in [0.3, 0.4) is 0 Å². The summed E-state index contributed by atoms with van der Waals surface area (Å²) < 4.78 is 6.21. The van der Waals surface area contributed by atoms with Gasteiger partial charge in [-0.15, -0.1) is 5.10 Å². The molecule has 1 N–H and O–H groups in total. The highest BCUT2D eigenvalue weighted by Crippen LogP contribution is 2.15. The Hall–Kier alpha value is -2.91. The molecular formula is C20H19ClN4O4S. The molecule has 1 atom stereocenters. The lowest BCUT2D eigenvalue weighted by Gasteiger charge is -2.18. The van der Waals surface area contributed by atoms with Crippen LogP contribution in [0.4, 0.5) is 0 Å². The number of benzene rings is 2. The Morgan fingerprint density at radius 1 is 1.20 bits per heavy atom. The van der Waals surface area contributed by atoms with E-state index in [0.717, 1.165) is 4.68 Å². The minimum Gasteiger partial charge on any atom is -0.441 e. The molecular weight excluding hydrogens is 428 g/mol. The van der Waals surface area contributed by atoms with Crippen molar-refractivity contribution in [1.82, 2.24) is 20.3 Å². The SMILES string of the molecule is CSCC[C@H](NC(=O)c1ccccc1Cl)C(=O)OCn1nnc2ccccc2c1=O. The fourth-order valence-electron chi connectivity index (χ4n) is 2.70. The first-order chi connectivity index (χ1) is 14.5. The molecule has 0 radical (unpaired) electrons. The summed E-state index contributed by atoms with van der Waals surface area (Å²) in [6.45, 7) is -0.409. The number of hydrogen-bond donors (Lipinski definition) is 1. The van der Waals surface area contributed by atoms with Gasteiger partial charge in [0, 0.05) is 0 Å². The standard InChI is InChI=1S/C20H19ClN4O4S/c1-30-11-10-17(22-18(26)13-6-2-4-8-15(13)21)20(28)29-12-25-19(27)14-7-3-5-9-16(14)23-24-25/h2-9,17H,10-12H2,1H3,(H,22,26)/t17-/m0/s1. The number of nitrogens with zero attached hydrogens (tertiary/aromatic N) is 3. The number of rotatable bonds is 8. The lowest BCUT2D eigenvalue weighted by molar-refractivity contribution is -0.150. The maximum Gasteiger partial charge on any atom is 0.330 e. The molecule has 30 heavy (non-hydrogen) atoms. The number of ether oxygens (including phenoxy) is 1. The van der Waals surface area contributed by atoms with Gasteiger partial charge in [-0.2, -0.15) is 16.4 Å². The largest absolute Gasteiger partial charge is 0.441 e.